The lowest BCUT2D eigenvalue weighted by molar-refractivity contribution is 0.598. The van der Waals surface area contributed by atoms with Gasteiger partial charge in [-0.2, -0.15) is 0 Å². The normalized spacial score (nSPS) is 11.4. The highest BCUT2D eigenvalue weighted by Gasteiger charge is 2.10. The maximum Gasteiger partial charge on any atom is 0.238 e. The van der Waals surface area contributed by atoms with Crippen molar-refractivity contribution >= 4 is 21.4 Å². The van der Waals surface area contributed by atoms with Gasteiger partial charge in [-0.3, -0.25) is 0 Å². The third-order valence-corrected chi connectivity index (χ3v) is 3.27. The van der Waals surface area contributed by atoms with Crippen LogP contribution in [0.5, 0.6) is 0 Å². The number of nitrogens with one attached hydrogen (secondary N) is 2. The Morgan fingerprint density at radius 3 is 2.78 bits per heavy atom. The number of primary sulfonamides is 1. The van der Waals surface area contributed by atoms with Gasteiger partial charge in [-0.25, -0.2) is 18.5 Å². The van der Waals surface area contributed by atoms with Crippen molar-refractivity contribution in [1.29, 1.82) is 0 Å². The van der Waals surface area contributed by atoms with Gasteiger partial charge in [-0.05, 0) is 18.2 Å². The highest BCUT2D eigenvalue weighted by molar-refractivity contribution is 7.89. The van der Waals surface area contributed by atoms with Gasteiger partial charge in [0.05, 0.1) is 22.8 Å². The van der Waals surface area contributed by atoms with Crippen molar-refractivity contribution in [2.24, 2.45) is 5.14 Å². The zero-order valence-corrected chi connectivity index (χ0v) is 10.2. The second-order valence-electron chi connectivity index (χ2n) is 3.68. The number of nitrogens with zero attached hydrogens (tertiary/aromatic N) is 1. The quantitative estimate of drug-likeness (QED) is 0.590. The summed E-state index contributed by atoms with van der Waals surface area (Å²) in [4.78, 5) is 6.96. The molecule has 2 aromatic rings. The second kappa shape index (κ2) is 4.67. The molecule has 0 spiro atoms. The first-order valence-electron chi connectivity index (χ1n) is 5.11. The zero-order chi connectivity index (χ0) is 13.2. The first kappa shape index (κ1) is 12.4. The molecule has 8 heteroatoms. The third kappa shape index (κ3) is 2.79. The Kier molecular flexibility index (Phi) is 3.21. The van der Waals surface area contributed by atoms with E-state index >= 15 is 0 Å². The minimum Gasteiger partial charge on any atom is -0.397 e. The zero-order valence-electron chi connectivity index (χ0n) is 9.42. The topological polar surface area (TPSA) is 127 Å². The van der Waals surface area contributed by atoms with E-state index in [0.29, 0.717) is 17.9 Å². The minimum absolute atomic E-state index is 0.0126. The van der Waals surface area contributed by atoms with Crippen molar-refractivity contribution in [3.05, 3.63) is 36.4 Å². The predicted molar refractivity (Wildman–Crippen MR) is 68.1 cm³/mol. The summed E-state index contributed by atoms with van der Waals surface area (Å²) in [6, 6.07) is 4.25. The molecule has 0 aliphatic heterocycles. The fraction of sp³-hybridized carbons (Fsp3) is 0.100. The summed E-state index contributed by atoms with van der Waals surface area (Å²) in [6.07, 6.45) is 3.32. The monoisotopic (exact) mass is 267 g/mol. The summed E-state index contributed by atoms with van der Waals surface area (Å²) >= 11 is 0. The molecule has 0 aliphatic carbocycles. The van der Waals surface area contributed by atoms with Crippen LogP contribution in [0.1, 0.15) is 5.82 Å². The van der Waals surface area contributed by atoms with E-state index in [1.54, 1.807) is 12.4 Å². The van der Waals surface area contributed by atoms with E-state index in [4.69, 9.17) is 10.9 Å². The van der Waals surface area contributed by atoms with Crippen molar-refractivity contribution in [1.82, 2.24) is 9.97 Å². The van der Waals surface area contributed by atoms with Crippen molar-refractivity contribution in [2.75, 3.05) is 11.1 Å². The molecule has 0 saturated carbocycles. The van der Waals surface area contributed by atoms with Crippen molar-refractivity contribution in [3.63, 3.8) is 0 Å². The summed E-state index contributed by atoms with van der Waals surface area (Å²) in [5.41, 5.74) is 6.68. The van der Waals surface area contributed by atoms with E-state index in [-0.39, 0.29) is 4.90 Å². The van der Waals surface area contributed by atoms with Gasteiger partial charge in [0.1, 0.15) is 5.82 Å². The number of rotatable bonds is 4. The number of sulfonamides is 1. The maximum absolute atomic E-state index is 11.2. The largest absolute Gasteiger partial charge is 0.397 e. The van der Waals surface area contributed by atoms with E-state index in [1.807, 2.05) is 0 Å². The number of H-pyrrole nitrogens is 1. The molecule has 0 unspecified atom stereocenters. The Morgan fingerprint density at radius 2 is 2.17 bits per heavy atom. The molecule has 0 aliphatic rings. The van der Waals surface area contributed by atoms with Gasteiger partial charge < -0.3 is 16.0 Å². The number of nitrogens with two attached hydrogens (primary N) is 2. The molecular weight excluding hydrogens is 254 g/mol. The van der Waals surface area contributed by atoms with Crippen LogP contribution in [0.25, 0.3) is 0 Å². The van der Waals surface area contributed by atoms with Crippen LogP contribution in [-0.2, 0) is 16.6 Å². The minimum atomic E-state index is -3.73. The standard InChI is InChI=1S/C10H13N5O2S/c11-8-2-1-7(18(12,16)17)5-9(8)15-6-10-13-3-4-14-10/h1-5,15H,6,11H2,(H,13,14)(H2,12,16,17). The van der Waals surface area contributed by atoms with Crippen LogP contribution in [0.2, 0.25) is 0 Å². The Hall–Kier alpha value is -2.06. The second-order valence-corrected chi connectivity index (χ2v) is 5.24. The number of aromatic amines is 1. The number of aromatic nitrogens is 2. The fourth-order valence-corrected chi connectivity index (χ4v) is 1.98. The molecule has 0 saturated heterocycles. The SMILES string of the molecule is Nc1ccc(S(N)(=O)=O)cc1NCc1ncc[nH]1. The van der Waals surface area contributed by atoms with Crippen LogP contribution in [-0.4, -0.2) is 18.4 Å². The van der Waals surface area contributed by atoms with Gasteiger partial charge in [0.2, 0.25) is 10.0 Å². The Labute approximate surface area is 104 Å². The first-order chi connectivity index (χ1) is 8.47. The molecule has 7 nitrogen and oxygen atoms in total. The molecule has 0 fully saturated rings. The predicted octanol–water partition coefficient (Wildman–Crippen LogP) is 0.251. The van der Waals surface area contributed by atoms with Crippen LogP contribution in [0.3, 0.4) is 0 Å². The molecule has 0 radical (unpaired) electrons. The first-order valence-corrected chi connectivity index (χ1v) is 6.66. The van der Waals surface area contributed by atoms with Gasteiger partial charge in [0, 0.05) is 12.4 Å². The summed E-state index contributed by atoms with van der Waals surface area (Å²) in [7, 11) is -3.73. The lowest BCUT2D eigenvalue weighted by Gasteiger charge is -2.09. The van der Waals surface area contributed by atoms with Crippen molar-refractivity contribution in [2.45, 2.75) is 11.4 Å². The summed E-state index contributed by atoms with van der Waals surface area (Å²) < 4.78 is 22.4. The molecule has 2 rings (SSSR count). The molecular formula is C10H13N5O2S. The average Bonchev–Trinajstić information content (AvgIpc) is 2.79. The lowest BCUT2D eigenvalue weighted by atomic mass is 10.2. The van der Waals surface area contributed by atoms with Crippen LogP contribution < -0.4 is 16.2 Å². The number of anilines is 2. The van der Waals surface area contributed by atoms with Crippen molar-refractivity contribution < 1.29 is 8.42 Å². The fourth-order valence-electron chi connectivity index (χ4n) is 1.44. The smallest absolute Gasteiger partial charge is 0.238 e. The molecule has 0 bridgehead atoms. The number of hydrogen-bond donors (Lipinski definition) is 4. The van der Waals surface area contributed by atoms with Gasteiger partial charge in [0.15, 0.2) is 0 Å². The molecule has 1 aromatic carbocycles. The van der Waals surface area contributed by atoms with Gasteiger partial charge in [-0.1, -0.05) is 0 Å². The lowest BCUT2D eigenvalue weighted by Crippen LogP contribution is -2.13. The summed E-state index contributed by atoms with van der Waals surface area (Å²) in [5, 5.41) is 8.04. The van der Waals surface area contributed by atoms with Crippen molar-refractivity contribution in [3.8, 4) is 0 Å². The number of imidazole rings is 1. The van der Waals surface area contributed by atoms with Gasteiger partial charge in [0.25, 0.3) is 0 Å². The third-order valence-electron chi connectivity index (χ3n) is 2.35. The Bertz CT molecular complexity index is 636. The Morgan fingerprint density at radius 1 is 1.39 bits per heavy atom. The molecule has 0 amide bonds. The van der Waals surface area contributed by atoms with Crippen LogP contribution in [0, 0.1) is 0 Å². The maximum atomic E-state index is 11.2. The highest BCUT2D eigenvalue weighted by atomic mass is 32.2. The van der Waals surface area contributed by atoms with Crippen LogP contribution >= 0.6 is 0 Å². The molecule has 6 N–H and O–H groups in total. The number of benzene rings is 1. The van der Waals surface area contributed by atoms with Crippen LogP contribution in [0.15, 0.2) is 35.5 Å². The molecule has 0 atom stereocenters. The highest BCUT2D eigenvalue weighted by Crippen LogP contribution is 2.22. The van der Waals surface area contributed by atoms with E-state index < -0.39 is 10.0 Å². The summed E-state index contributed by atoms with van der Waals surface area (Å²) in [6.45, 7) is 0.408. The summed E-state index contributed by atoms with van der Waals surface area (Å²) in [5.74, 6) is 0.718. The molecule has 96 valence electrons. The van der Waals surface area contributed by atoms with Gasteiger partial charge >= 0.3 is 0 Å². The van der Waals surface area contributed by atoms with Gasteiger partial charge in [-0.15, -0.1) is 0 Å². The van der Waals surface area contributed by atoms with E-state index in [2.05, 4.69) is 15.3 Å². The van der Waals surface area contributed by atoms with Crippen LogP contribution in [0.4, 0.5) is 11.4 Å². The Balaban J connectivity index is 2.22. The average molecular weight is 267 g/mol. The van der Waals surface area contributed by atoms with E-state index in [1.165, 1.54) is 18.2 Å². The van der Waals surface area contributed by atoms with E-state index in [9.17, 15) is 8.42 Å². The molecule has 18 heavy (non-hydrogen) atoms. The number of nitrogen functional groups attached to an aromatic ring is 1. The van der Waals surface area contributed by atoms with E-state index in [0.717, 1.165) is 5.82 Å². The molecule has 1 aromatic heterocycles. The molecule has 1 heterocycles. The number of hydrogen-bond acceptors (Lipinski definition) is 5.